The van der Waals surface area contributed by atoms with Gasteiger partial charge in [0, 0.05) is 35.4 Å². The van der Waals surface area contributed by atoms with E-state index in [1.807, 2.05) is 12.3 Å². The number of benzene rings is 1. The minimum atomic E-state index is 0.562. The number of rotatable bonds is 3. The maximum atomic E-state index is 5.94. The Balaban J connectivity index is 1.61. The highest BCUT2D eigenvalue weighted by Crippen LogP contribution is 2.53. The molecule has 2 atom stereocenters. The Morgan fingerprint density at radius 3 is 2.81 bits per heavy atom. The minimum Gasteiger partial charge on any atom is -0.342 e. The van der Waals surface area contributed by atoms with E-state index in [2.05, 4.69) is 52.7 Å². The molecule has 3 aromatic rings. The predicted molar refractivity (Wildman–Crippen MR) is 107 cm³/mol. The maximum Gasteiger partial charge on any atom is 0.129 e. The fraction of sp³-hybridized carbons (Fsp3) is 0.409. The molecule has 0 aliphatic carbocycles. The van der Waals surface area contributed by atoms with E-state index in [4.69, 9.17) is 11.6 Å². The molecule has 0 N–H and O–H groups in total. The Bertz CT molecular complexity index is 973. The standard InChI is InChI=1S/C22H24ClN3/c1-14-6-8-17-16(12-14)21-18-4-3-5-19(25(18)2)22(21)26(17)11-10-15-7-9-20(23)24-13-15/h6-9,12-13,18-19H,3-5,10-11H2,1-2H3. The van der Waals surface area contributed by atoms with Crippen molar-refractivity contribution in [1.82, 2.24) is 14.5 Å². The molecule has 1 saturated heterocycles. The van der Waals surface area contributed by atoms with Crippen molar-refractivity contribution in [3.63, 3.8) is 0 Å². The van der Waals surface area contributed by atoms with E-state index in [1.54, 1.807) is 11.3 Å². The number of fused-ring (bicyclic) bond motifs is 7. The first-order valence-electron chi connectivity index (χ1n) is 9.58. The van der Waals surface area contributed by atoms with Gasteiger partial charge in [0.05, 0.1) is 6.04 Å². The maximum absolute atomic E-state index is 5.94. The van der Waals surface area contributed by atoms with Crippen LogP contribution in [0.2, 0.25) is 5.15 Å². The quantitative estimate of drug-likeness (QED) is 0.575. The van der Waals surface area contributed by atoms with Crippen molar-refractivity contribution in [3.05, 3.63) is 64.1 Å². The van der Waals surface area contributed by atoms with Gasteiger partial charge in [-0.2, -0.15) is 0 Å². The van der Waals surface area contributed by atoms with Gasteiger partial charge >= 0.3 is 0 Å². The second kappa shape index (κ2) is 6.11. The zero-order chi connectivity index (χ0) is 17.8. The lowest BCUT2D eigenvalue weighted by molar-refractivity contribution is 0.142. The topological polar surface area (TPSA) is 21.1 Å². The van der Waals surface area contributed by atoms with Crippen LogP contribution in [0.3, 0.4) is 0 Å². The summed E-state index contributed by atoms with van der Waals surface area (Å²) in [5.41, 5.74) is 7.16. The van der Waals surface area contributed by atoms with Crippen molar-refractivity contribution in [1.29, 1.82) is 0 Å². The molecule has 2 aromatic heterocycles. The van der Waals surface area contributed by atoms with Gasteiger partial charge in [-0.25, -0.2) is 4.98 Å². The van der Waals surface area contributed by atoms with Crippen LogP contribution in [0.4, 0.5) is 0 Å². The molecule has 0 saturated carbocycles. The number of hydrogen-bond acceptors (Lipinski definition) is 2. The van der Waals surface area contributed by atoms with Crippen LogP contribution in [0.5, 0.6) is 0 Å². The van der Waals surface area contributed by atoms with Gasteiger partial charge < -0.3 is 4.57 Å². The number of piperidine rings is 1. The molecule has 4 heterocycles. The van der Waals surface area contributed by atoms with E-state index in [0.29, 0.717) is 17.2 Å². The van der Waals surface area contributed by atoms with Crippen molar-refractivity contribution in [2.24, 2.45) is 0 Å². The Kier molecular flexibility index (Phi) is 3.84. The fourth-order valence-corrected chi connectivity index (χ4v) is 5.18. The lowest BCUT2D eigenvalue weighted by Crippen LogP contribution is -2.27. The van der Waals surface area contributed by atoms with Gasteiger partial charge in [-0.3, -0.25) is 4.90 Å². The summed E-state index contributed by atoms with van der Waals surface area (Å²) in [7, 11) is 2.31. The van der Waals surface area contributed by atoms with Gasteiger partial charge in [0.2, 0.25) is 0 Å². The van der Waals surface area contributed by atoms with Crippen molar-refractivity contribution in [3.8, 4) is 0 Å². The number of hydrogen-bond donors (Lipinski definition) is 0. The second-order valence-corrected chi connectivity index (χ2v) is 8.23. The van der Waals surface area contributed by atoms with Gasteiger partial charge in [0.25, 0.3) is 0 Å². The van der Waals surface area contributed by atoms with Crippen LogP contribution >= 0.6 is 11.6 Å². The Morgan fingerprint density at radius 2 is 2.00 bits per heavy atom. The third-order valence-corrected chi connectivity index (χ3v) is 6.52. The third-order valence-electron chi connectivity index (χ3n) is 6.30. The van der Waals surface area contributed by atoms with Crippen molar-refractivity contribution >= 4 is 22.5 Å². The van der Waals surface area contributed by atoms with E-state index in [9.17, 15) is 0 Å². The number of aromatic nitrogens is 2. The van der Waals surface area contributed by atoms with Crippen LogP contribution in [0, 0.1) is 6.92 Å². The van der Waals surface area contributed by atoms with Gasteiger partial charge in [0.15, 0.2) is 0 Å². The Labute approximate surface area is 159 Å². The summed E-state index contributed by atoms with van der Waals surface area (Å²) in [6.45, 7) is 3.20. The van der Waals surface area contributed by atoms with Crippen molar-refractivity contribution < 1.29 is 0 Å². The molecule has 1 fully saturated rings. The van der Waals surface area contributed by atoms with Crippen LogP contribution in [-0.4, -0.2) is 21.5 Å². The van der Waals surface area contributed by atoms with E-state index in [1.165, 1.54) is 41.3 Å². The molecule has 2 bridgehead atoms. The highest BCUT2D eigenvalue weighted by molar-refractivity contribution is 6.29. The van der Waals surface area contributed by atoms with Crippen LogP contribution in [0.15, 0.2) is 36.5 Å². The van der Waals surface area contributed by atoms with Crippen molar-refractivity contribution in [2.75, 3.05) is 7.05 Å². The van der Waals surface area contributed by atoms with Gasteiger partial charge in [0.1, 0.15) is 5.15 Å². The molecule has 4 heteroatoms. The molecule has 1 aromatic carbocycles. The van der Waals surface area contributed by atoms with Crippen LogP contribution in [0.1, 0.15) is 53.7 Å². The summed E-state index contributed by atoms with van der Waals surface area (Å²) in [4.78, 5) is 6.85. The molecule has 5 rings (SSSR count). The first kappa shape index (κ1) is 16.3. The SMILES string of the molecule is Cc1ccc2c(c1)c1c(n2CCc2ccc(Cl)nc2)C2CCCC1N2C. The number of nitrogens with zero attached hydrogens (tertiary/aromatic N) is 3. The monoisotopic (exact) mass is 365 g/mol. The summed E-state index contributed by atoms with van der Waals surface area (Å²) in [6.07, 6.45) is 6.78. The van der Waals surface area contributed by atoms with Gasteiger partial charge in [-0.05, 0) is 69.0 Å². The first-order chi connectivity index (χ1) is 12.6. The smallest absolute Gasteiger partial charge is 0.129 e. The lowest BCUT2D eigenvalue weighted by Gasteiger charge is -2.32. The third kappa shape index (κ3) is 2.41. The molecule has 2 unspecified atom stereocenters. The Morgan fingerprint density at radius 1 is 1.15 bits per heavy atom. The van der Waals surface area contributed by atoms with Crippen LogP contribution in [0.25, 0.3) is 10.9 Å². The van der Waals surface area contributed by atoms with Crippen molar-refractivity contribution in [2.45, 2.75) is 51.2 Å². The summed E-state index contributed by atoms with van der Waals surface area (Å²) in [5, 5.41) is 2.03. The molecular weight excluding hydrogens is 342 g/mol. The molecule has 2 aliphatic rings. The number of aryl methyl sites for hydroxylation is 3. The van der Waals surface area contributed by atoms with Gasteiger partial charge in [-0.15, -0.1) is 0 Å². The zero-order valence-corrected chi connectivity index (χ0v) is 16.1. The van der Waals surface area contributed by atoms with Crippen LogP contribution < -0.4 is 0 Å². The first-order valence-corrected chi connectivity index (χ1v) is 9.96. The van der Waals surface area contributed by atoms with E-state index < -0.39 is 0 Å². The summed E-state index contributed by atoms with van der Waals surface area (Å²) in [6, 6.07) is 12.1. The normalized spacial score (nSPS) is 22.1. The average Bonchev–Trinajstić information content (AvgIpc) is 2.99. The fourth-order valence-electron chi connectivity index (χ4n) is 5.07. The predicted octanol–water partition coefficient (Wildman–Crippen LogP) is 5.45. The summed E-state index contributed by atoms with van der Waals surface area (Å²) < 4.78 is 2.59. The number of pyridine rings is 1. The average molecular weight is 366 g/mol. The largest absolute Gasteiger partial charge is 0.342 e. The molecule has 0 spiro atoms. The van der Waals surface area contributed by atoms with E-state index in [0.717, 1.165) is 13.0 Å². The zero-order valence-electron chi connectivity index (χ0n) is 15.4. The summed E-state index contributed by atoms with van der Waals surface area (Å²) >= 11 is 5.94. The Hall–Kier alpha value is -1.84. The second-order valence-electron chi connectivity index (χ2n) is 7.84. The molecule has 0 radical (unpaired) electrons. The lowest BCUT2D eigenvalue weighted by atomic mass is 9.99. The van der Waals surface area contributed by atoms with Crippen LogP contribution in [-0.2, 0) is 13.0 Å². The van der Waals surface area contributed by atoms with Gasteiger partial charge in [-0.1, -0.05) is 29.3 Å². The molecule has 2 aliphatic heterocycles. The number of halogens is 1. The van der Waals surface area contributed by atoms with E-state index in [-0.39, 0.29) is 0 Å². The molecular formula is C22H24ClN3. The summed E-state index contributed by atoms with van der Waals surface area (Å²) in [5.74, 6) is 0. The highest BCUT2D eigenvalue weighted by atomic mass is 35.5. The molecule has 26 heavy (non-hydrogen) atoms. The highest BCUT2D eigenvalue weighted by Gasteiger charge is 2.42. The van der Waals surface area contributed by atoms with E-state index >= 15 is 0 Å². The molecule has 3 nitrogen and oxygen atoms in total. The molecule has 0 amide bonds. The molecule has 134 valence electrons. The minimum absolute atomic E-state index is 0.562.